The van der Waals surface area contributed by atoms with E-state index < -0.39 is 0 Å². The van der Waals surface area contributed by atoms with Gasteiger partial charge in [-0.1, -0.05) is 36.4 Å². The summed E-state index contributed by atoms with van der Waals surface area (Å²) in [5.74, 6) is 3.59. The Morgan fingerprint density at radius 3 is 2.28 bits per heavy atom. The third kappa shape index (κ3) is 7.11. The van der Waals surface area contributed by atoms with Crippen molar-refractivity contribution in [2.75, 3.05) is 38.3 Å². The minimum absolute atomic E-state index is 0.0663. The van der Waals surface area contributed by atoms with Crippen LogP contribution in [0.5, 0.6) is 11.5 Å². The molecule has 1 atom stereocenters. The van der Waals surface area contributed by atoms with Crippen LogP contribution in [-0.4, -0.2) is 47.5 Å². The number of hydrogen-bond donors (Lipinski definition) is 3. The van der Waals surface area contributed by atoms with Gasteiger partial charge in [0.1, 0.15) is 35.3 Å². The van der Waals surface area contributed by atoms with Gasteiger partial charge in [0.2, 0.25) is 0 Å². The van der Waals surface area contributed by atoms with Gasteiger partial charge in [0.25, 0.3) is 0 Å². The van der Waals surface area contributed by atoms with E-state index in [-0.39, 0.29) is 6.04 Å². The molecule has 2 heterocycles. The predicted molar refractivity (Wildman–Crippen MR) is 145 cm³/mol. The SMILES string of the molecule is CNC/C=C/C(c1cccc(Nc2cc(Nc3ccc(Oc4ccccc4)cc3)ncn2)n1)N(C)C. The van der Waals surface area contributed by atoms with Crippen LogP contribution in [-0.2, 0) is 0 Å². The van der Waals surface area contributed by atoms with Crippen LogP contribution in [0.3, 0.4) is 0 Å². The Hall–Kier alpha value is -4.27. The summed E-state index contributed by atoms with van der Waals surface area (Å²) in [6, 6.07) is 25.3. The molecule has 0 spiro atoms. The molecule has 4 rings (SSSR count). The molecule has 3 N–H and O–H groups in total. The van der Waals surface area contributed by atoms with Crippen LogP contribution in [0.1, 0.15) is 11.7 Å². The molecule has 0 aliphatic carbocycles. The highest BCUT2D eigenvalue weighted by molar-refractivity contribution is 5.62. The zero-order valence-corrected chi connectivity index (χ0v) is 20.7. The smallest absolute Gasteiger partial charge is 0.137 e. The first-order valence-corrected chi connectivity index (χ1v) is 11.7. The van der Waals surface area contributed by atoms with Gasteiger partial charge >= 0.3 is 0 Å². The first kappa shape index (κ1) is 24.8. The third-order valence-corrected chi connectivity index (χ3v) is 5.30. The number of rotatable bonds is 11. The van der Waals surface area contributed by atoms with E-state index in [0.717, 1.165) is 29.4 Å². The largest absolute Gasteiger partial charge is 0.457 e. The van der Waals surface area contributed by atoms with Crippen LogP contribution in [0.4, 0.5) is 23.1 Å². The molecule has 0 radical (unpaired) electrons. The Kier molecular flexibility index (Phi) is 8.58. The van der Waals surface area contributed by atoms with E-state index in [2.05, 4.69) is 43.0 Å². The maximum absolute atomic E-state index is 5.86. The summed E-state index contributed by atoms with van der Waals surface area (Å²) in [4.78, 5) is 15.6. The molecule has 36 heavy (non-hydrogen) atoms. The summed E-state index contributed by atoms with van der Waals surface area (Å²) >= 11 is 0. The van der Waals surface area contributed by atoms with Crippen molar-refractivity contribution in [1.29, 1.82) is 0 Å². The maximum atomic E-state index is 5.86. The number of hydrogen-bond acceptors (Lipinski definition) is 8. The average molecular weight is 482 g/mol. The van der Waals surface area contributed by atoms with Crippen molar-refractivity contribution in [3.05, 3.63) is 103 Å². The molecular formula is C28H31N7O. The Morgan fingerprint density at radius 2 is 1.56 bits per heavy atom. The monoisotopic (exact) mass is 481 g/mol. The van der Waals surface area contributed by atoms with Crippen molar-refractivity contribution >= 4 is 23.1 Å². The molecular weight excluding hydrogens is 450 g/mol. The second-order valence-corrected chi connectivity index (χ2v) is 8.32. The fourth-order valence-electron chi connectivity index (χ4n) is 3.54. The number of anilines is 4. The highest BCUT2D eigenvalue weighted by atomic mass is 16.5. The van der Waals surface area contributed by atoms with Crippen LogP contribution in [0, 0.1) is 0 Å². The molecule has 2 aromatic carbocycles. The van der Waals surface area contributed by atoms with E-state index in [1.54, 1.807) is 0 Å². The predicted octanol–water partition coefficient (Wildman–Crippen LogP) is 5.53. The van der Waals surface area contributed by atoms with Gasteiger partial charge in [-0.25, -0.2) is 15.0 Å². The van der Waals surface area contributed by atoms with Crippen LogP contribution in [0.15, 0.2) is 97.3 Å². The fraction of sp³-hybridized carbons (Fsp3) is 0.179. The van der Waals surface area contributed by atoms with Gasteiger partial charge in [0.05, 0.1) is 11.7 Å². The molecule has 4 aromatic rings. The van der Waals surface area contributed by atoms with Crippen molar-refractivity contribution < 1.29 is 4.74 Å². The lowest BCUT2D eigenvalue weighted by Gasteiger charge is -2.21. The van der Waals surface area contributed by atoms with Gasteiger partial charge in [-0.2, -0.15) is 0 Å². The Labute approximate surface area is 212 Å². The van der Waals surface area contributed by atoms with Gasteiger partial charge < -0.3 is 20.7 Å². The first-order chi connectivity index (χ1) is 17.6. The Morgan fingerprint density at radius 1 is 0.833 bits per heavy atom. The second kappa shape index (κ2) is 12.4. The second-order valence-electron chi connectivity index (χ2n) is 8.32. The lowest BCUT2D eigenvalue weighted by Crippen LogP contribution is -2.20. The molecule has 2 aromatic heterocycles. The summed E-state index contributed by atoms with van der Waals surface area (Å²) in [7, 11) is 6.01. The van der Waals surface area contributed by atoms with Gasteiger partial charge in [-0.05, 0) is 69.7 Å². The summed E-state index contributed by atoms with van der Waals surface area (Å²) in [6.07, 6.45) is 5.77. The normalized spacial score (nSPS) is 12.0. The molecule has 0 aliphatic heterocycles. The van der Waals surface area contributed by atoms with Gasteiger partial charge in [-0.15, -0.1) is 0 Å². The molecule has 184 valence electrons. The molecule has 1 unspecified atom stereocenters. The summed E-state index contributed by atoms with van der Waals surface area (Å²) in [6.45, 7) is 0.807. The van der Waals surface area contributed by atoms with Crippen molar-refractivity contribution in [2.45, 2.75) is 6.04 Å². The molecule has 0 aliphatic rings. The highest BCUT2D eigenvalue weighted by Gasteiger charge is 2.13. The zero-order valence-electron chi connectivity index (χ0n) is 20.7. The molecule has 0 saturated carbocycles. The van der Waals surface area contributed by atoms with Crippen LogP contribution < -0.4 is 20.7 Å². The quantitative estimate of drug-likeness (QED) is 0.241. The summed E-state index contributed by atoms with van der Waals surface area (Å²) < 4.78 is 5.86. The number of nitrogens with zero attached hydrogens (tertiary/aromatic N) is 4. The number of para-hydroxylation sites is 1. The highest BCUT2D eigenvalue weighted by Crippen LogP contribution is 2.25. The first-order valence-electron chi connectivity index (χ1n) is 11.7. The lowest BCUT2D eigenvalue weighted by molar-refractivity contribution is 0.345. The van der Waals surface area contributed by atoms with Crippen molar-refractivity contribution in [3.8, 4) is 11.5 Å². The molecule has 0 amide bonds. The van der Waals surface area contributed by atoms with E-state index >= 15 is 0 Å². The molecule has 0 bridgehead atoms. The number of pyridine rings is 1. The number of ether oxygens (including phenoxy) is 1. The number of nitrogens with one attached hydrogen (secondary N) is 3. The third-order valence-electron chi connectivity index (χ3n) is 5.30. The topological polar surface area (TPSA) is 87.2 Å². The van der Waals surface area contributed by atoms with E-state index in [1.807, 2.05) is 100 Å². The number of likely N-dealkylation sites (N-methyl/N-ethyl adjacent to an activating group) is 2. The van der Waals surface area contributed by atoms with E-state index in [9.17, 15) is 0 Å². The van der Waals surface area contributed by atoms with E-state index in [1.165, 1.54) is 6.33 Å². The number of aromatic nitrogens is 3. The average Bonchev–Trinajstić information content (AvgIpc) is 2.89. The van der Waals surface area contributed by atoms with E-state index in [0.29, 0.717) is 17.5 Å². The lowest BCUT2D eigenvalue weighted by atomic mass is 10.1. The molecule has 0 fully saturated rings. The Bertz CT molecular complexity index is 1260. The molecule has 0 saturated heterocycles. The number of benzene rings is 2. The molecule has 8 nitrogen and oxygen atoms in total. The standard InChI is InChI=1S/C28H31N7O/c1-29-18-8-12-25(35(2)3)24-11-7-13-26(33-24)34-28-19-27(30-20-31-28)32-21-14-16-23(17-15-21)36-22-9-5-4-6-10-22/h4-17,19-20,25,29H,18H2,1-3H3,(H2,30,31,32,33,34)/b12-8+. The van der Waals surface area contributed by atoms with Crippen LogP contribution in [0.2, 0.25) is 0 Å². The van der Waals surface area contributed by atoms with Crippen LogP contribution in [0.25, 0.3) is 0 Å². The van der Waals surface area contributed by atoms with Gasteiger partial charge in [0, 0.05) is 18.3 Å². The van der Waals surface area contributed by atoms with Crippen molar-refractivity contribution in [1.82, 2.24) is 25.2 Å². The fourth-order valence-corrected chi connectivity index (χ4v) is 3.54. The minimum Gasteiger partial charge on any atom is -0.457 e. The van der Waals surface area contributed by atoms with Crippen LogP contribution >= 0.6 is 0 Å². The molecule has 8 heteroatoms. The van der Waals surface area contributed by atoms with Crippen molar-refractivity contribution in [3.63, 3.8) is 0 Å². The van der Waals surface area contributed by atoms with E-state index in [4.69, 9.17) is 9.72 Å². The summed E-state index contributed by atoms with van der Waals surface area (Å²) in [5, 5.41) is 9.72. The maximum Gasteiger partial charge on any atom is 0.137 e. The van der Waals surface area contributed by atoms with Crippen molar-refractivity contribution in [2.24, 2.45) is 0 Å². The minimum atomic E-state index is 0.0663. The van der Waals surface area contributed by atoms with Gasteiger partial charge in [-0.3, -0.25) is 4.90 Å². The summed E-state index contributed by atoms with van der Waals surface area (Å²) in [5.41, 5.74) is 1.84. The van der Waals surface area contributed by atoms with Gasteiger partial charge in [0.15, 0.2) is 0 Å². The zero-order chi connectivity index (χ0) is 25.2. The Balaban J connectivity index is 1.42.